The smallest absolute Gasteiger partial charge is 0.415 e. The van der Waals surface area contributed by atoms with Crippen LogP contribution in [0, 0.1) is 0 Å². The Morgan fingerprint density at radius 2 is 1.27 bits per heavy atom. The highest BCUT2D eigenvalue weighted by Crippen LogP contribution is 2.13. The van der Waals surface area contributed by atoms with Crippen LogP contribution in [0.25, 0.3) is 0 Å². The lowest BCUT2D eigenvalue weighted by atomic mass is 10.0. The maximum atomic E-state index is 11.6. The van der Waals surface area contributed by atoms with Crippen molar-refractivity contribution in [2.24, 2.45) is 4.99 Å². The van der Waals surface area contributed by atoms with E-state index < -0.39 is 0 Å². The van der Waals surface area contributed by atoms with E-state index in [1.54, 1.807) is 11.2 Å². The molecular weight excluding hydrogens is 324 g/mol. The van der Waals surface area contributed by atoms with E-state index in [9.17, 15) is 4.79 Å². The van der Waals surface area contributed by atoms with Gasteiger partial charge in [-0.15, -0.1) is 0 Å². The molecule has 1 amide bonds. The zero-order valence-electron chi connectivity index (χ0n) is 17.2. The van der Waals surface area contributed by atoms with Crippen molar-refractivity contribution in [3.05, 3.63) is 0 Å². The quantitative estimate of drug-likeness (QED) is 0.268. The average molecular weight is 367 g/mol. The number of aliphatic imine (C=N–C) groups is 1. The first kappa shape index (κ1) is 23.0. The molecule has 0 aromatic heterocycles. The largest absolute Gasteiger partial charge is 0.449 e. The summed E-state index contributed by atoms with van der Waals surface area (Å²) < 4.78 is 5.24. The Hall–Kier alpha value is -1.06. The van der Waals surface area contributed by atoms with Crippen molar-refractivity contribution in [1.82, 2.24) is 4.90 Å². The SMILES string of the molecule is CCCCCCCCCCCCCCCCCCOC(=O)N1C=NCC1. The first-order valence-electron chi connectivity index (χ1n) is 11.3. The van der Waals surface area contributed by atoms with Crippen molar-refractivity contribution in [3.8, 4) is 0 Å². The maximum Gasteiger partial charge on any atom is 0.415 e. The van der Waals surface area contributed by atoms with Gasteiger partial charge in [0.1, 0.15) is 0 Å². The summed E-state index contributed by atoms with van der Waals surface area (Å²) in [5.74, 6) is 0. The minimum absolute atomic E-state index is 0.243. The Bertz CT molecular complexity index is 358. The fourth-order valence-electron chi connectivity index (χ4n) is 3.41. The second-order valence-corrected chi connectivity index (χ2v) is 7.63. The lowest BCUT2D eigenvalue weighted by Crippen LogP contribution is -2.28. The molecule has 4 heteroatoms. The molecule has 152 valence electrons. The molecule has 0 radical (unpaired) electrons. The zero-order valence-corrected chi connectivity index (χ0v) is 17.2. The summed E-state index contributed by atoms with van der Waals surface area (Å²) in [5, 5.41) is 0. The molecule has 4 nitrogen and oxygen atoms in total. The van der Waals surface area contributed by atoms with E-state index in [0.29, 0.717) is 19.7 Å². The fraction of sp³-hybridized carbons (Fsp3) is 0.909. The minimum Gasteiger partial charge on any atom is -0.449 e. The Morgan fingerprint density at radius 1 is 0.808 bits per heavy atom. The highest BCUT2D eigenvalue weighted by molar-refractivity contribution is 5.83. The van der Waals surface area contributed by atoms with Gasteiger partial charge in [-0.3, -0.25) is 9.89 Å². The number of carbonyl (C=O) groups excluding carboxylic acids is 1. The molecule has 0 atom stereocenters. The molecular formula is C22H42N2O2. The highest BCUT2D eigenvalue weighted by atomic mass is 16.6. The van der Waals surface area contributed by atoms with Crippen molar-refractivity contribution in [1.29, 1.82) is 0 Å². The van der Waals surface area contributed by atoms with Gasteiger partial charge in [0.2, 0.25) is 0 Å². The Balaban J connectivity index is 1.69. The fourth-order valence-corrected chi connectivity index (χ4v) is 3.41. The average Bonchev–Trinajstić information content (AvgIpc) is 3.19. The van der Waals surface area contributed by atoms with Gasteiger partial charge < -0.3 is 4.74 Å². The predicted molar refractivity (Wildman–Crippen MR) is 111 cm³/mol. The number of rotatable bonds is 17. The van der Waals surface area contributed by atoms with Crippen LogP contribution >= 0.6 is 0 Å². The molecule has 26 heavy (non-hydrogen) atoms. The van der Waals surface area contributed by atoms with Gasteiger partial charge in [-0.05, 0) is 6.42 Å². The Labute approximate surface area is 161 Å². The minimum atomic E-state index is -0.243. The number of carbonyl (C=O) groups is 1. The molecule has 0 aliphatic carbocycles. The molecule has 0 saturated carbocycles. The van der Waals surface area contributed by atoms with Crippen LogP contribution < -0.4 is 0 Å². The van der Waals surface area contributed by atoms with E-state index in [-0.39, 0.29) is 6.09 Å². The summed E-state index contributed by atoms with van der Waals surface area (Å²) in [5.41, 5.74) is 0. The number of unbranched alkanes of at least 4 members (excludes halogenated alkanes) is 15. The summed E-state index contributed by atoms with van der Waals surface area (Å²) in [6, 6.07) is 0. The van der Waals surface area contributed by atoms with Crippen molar-refractivity contribution in [2.75, 3.05) is 19.7 Å². The monoisotopic (exact) mass is 366 g/mol. The molecule has 1 aliphatic heterocycles. The predicted octanol–water partition coefficient (Wildman–Crippen LogP) is 6.73. The Kier molecular flexibility index (Phi) is 15.3. The van der Waals surface area contributed by atoms with Crippen molar-refractivity contribution < 1.29 is 9.53 Å². The van der Waals surface area contributed by atoms with Crippen LogP contribution in [0.3, 0.4) is 0 Å². The van der Waals surface area contributed by atoms with Gasteiger partial charge in [-0.25, -0.2) is 4.79 Å². The molecule has 0 aromatic rings. The van der Waals surface area contributed by atoms with E-state index in [0.717, 1.165) is 6.42 Å². The molecule has 0 bridgehead atoms. The van der Waals surface area contributed by atoms with Gasteiger partial charge in [0, 0.05) is 6.54 Å². The molecule has 0 unspecified atom stereocenters. The normalized spacial score (nSPS) is 13.5. The van der Waals surface area contributed by atoms with Crippen molar-refractivity contribution >= 4 is 12.4 Å². The standard InChI is InChI=1S/C22H42N2O2/c1-2-3-4-5-6-7-8-9-10-11-12-13-14-15-16-17-20-26-22(25)24-19-18-23-21-24/h21H,2-20H2,1H3. The second kappa shape index (κ2) is 17.4. The number of hydrogen-bond acceptors (Lipinski definition) is 3. The molecule has 0 fully saturated rings. The molecule has 0 spiro atoms. The number of nitrogens with zero attached hydrogens (tertiary/aromatic N) is 2. The van der Waals surface area contributed by atoms with Crippen LogP contribution in [-0.4, -0.2) is 37.0 Å². The van der Waals surface area contributed by atoms with Gasteiger partial charge >= 0.3 is 6.09 Å². The summed E-state index contributed by atoms with van der Waals surface area (Å²) in [6.07, 6.45) is 23.1. The summed E-state index contributed by atoms with van der Waals surface area (Å²) in [4.78, 5) is 17.2. The van der Waals surface area contributed by atoms with E-state index >= 15 is 0 Å². The van der Waals surface area contributed by atoms with Crippen LogP contribution in [0.4, 0.5) is 4.79 Å². The molecule has 0 saturated heterocycles. The molecule has 0 N–H and O–H groups in total. The summed E-state index contributed by atoms with van der Waals surface area (Å²) >= 11 is 0. The second-order valence-electron chi connectivity index (χ2n) is 7.63. The Morgan fingerprint density at radius 3 is 1.69 bits per heavy atom. The maximum absolute atomic E-state index is 11.6. The molecule has 0 aromatic carbocycles. The summed E-state index contributed by atoms with van der Waals surface area (Å²) in [6.45, 7) is 4.19. The van der Waals surface area contributed by atoms with Gasteiger partial charge in [0.25, 0.3) is 0 Å². The highest BCUT2D eigenvalue weighted by Gasteiger charge is 2.15. The van der Waals surface area contributed by atoms with Crippen LogP contribution in [0.2, 0.25) is 0 Å². The lowest BCUT2D eigenvalue weighted by molar-refractivity contribution is 0.124. The first-order chi connectivity index (χ1) is 12.8. The van der Waals surface area contributed by atoms with Crippen LogP contribution in [0.5, 0.6) is 0 Å². The van der Waals surface area contributed by atoms with Crippen molar-refractivity contribution in [3.63, 3.8) is 0 Å². The third-order valence-corrected chi connectivity index (χ3v) is 5.15. The summed E-state index contributed by atoms with van der Waals surface area (Å²) in [7, 11) is 0. The van der Waals surface area contributed by atoms with Crippen molar-refractivity contribution in [2.45, 2.75) is 110 Å². The molecule has 1 aliphatic rings. The first-order valence-corrected chi connectivity index (χ1v) is 11.3. The lowest BCUT2D eigenvalue weighted by Gasteiger charge is -2.11. The molecule has 1 rings (SSSR count). The number of hydrogen-bond donors (Lipinski definition) is 0. The van der Waals surface area contributed by atoms with Gasteiger partial charge in [-0.2, -0.15) is 0 Å². The van der Waals surface area contributed by atoms with E-state index in [1.165, 1.54) is 96.3 Å². The van der Waals surface area contributed by atoms with Crippen LogP contribution in [0.1, 0.15) is 110 Å². The molecule has 1 heterocycles. The van der Waals surface area contributed by atoms with Gasteiger partial charge in [0.15, 0.2) is 0 Å². The number of ether oxygens (including phenoxy) is 1. The third-order valence-electron chi connectivity index (χ3n) is 5.15. The van der Waals surface area contributed by atoms with Crippen LogP contribution in [0.15, 0.2) is 4.99 Å². The van der Waals surface area contributed by atoms with E-state index in [1.807, 2.05) is 0 Å². The van der Waals surface area contributed by atoms with Gasteiger partial charge in [0.05, 0.1) is 19.5 Å². The van der Waals surface area contributed by atoms with Crippen LogP contribution in [-0.2, 0) is 4.74 Å². The van der Waals surface area contributed by atoms with Gasteiger partial charge in [-0.1, -0.05) is 103 Å². The number of amides is 1. The third kappa shape index (κ3) is 13.2. The van der Waals surface area contributed by atoms with E-state index in [2.05, 4.69) is 11.9 Å². The topological polar surface area (TPSA) is 41.9 Å². The zero-order chi connectivity index (χ0) is 18.7. The van der Waals surface area contributed by atoms with E-state index in [4.69, 9.17) is 4.74 Å².